The predicted molar refractivity (Wildman–Crippen MR) is 69.3 cm³/mol. The molecule has 0 spiro atoms. The van der Waals surface area contributed by atoms with Gasteiger partial charge in [-0.3, -0.25) is 4.79 Å². The van der Waals surface area contributed by atoms with Gasteiger partial charge in [-0.2, -0.15) is 0 Å². The van der Waals surface area contributed by atoms with Crippen molar-refractivity contribution < 1.29 is 9.53 Å². The standard InChI is InChI=1S/C13H19N3O2/c1-9-6-10(7-12(14)15-9)13(17)16-5-3-4-11(8-16)18-2/h6-7,11H,3-5,8H2,1-2H3,(H2,14,15). The number of rotatable bonds is 2. The van der Waals surface area contributed by atoms with Crippen LogP contribution in [0.3, 0.4) is 0 Å². The van der Waals surface area contributed by atoms with E-state index < -0.39 is 0 Å². The Morgan fingerprint density at radius 3 is 3.00 bits per heavy atom. The van der Waals surface area contributed by atoms with Crippen LogP contribution in [0.2, 0.25) is 0 Å². The van der Waals surface area contributed by atoms with E-state index in [-0.39, 0.29) is 12.0 Å². The maximum Gasteiger partial charge on any atom is 0.254 e. The zero-order valence-corrected chi connectivity index (χ0v) is 10.8. The average molecular weight is 249 g/mol. The summed E-state index contributed by atoms with van der Waals surface area (Å²) >= 11 is 0. The quantitative estimate of drug-likeness (QED) is 0.855. The zero-order chi connectivity index (χ0) is 13.1. The first-order valence-corrected chi connectivity index (χ1v) is 6.16. The summed E-state index contributed by atoms with van der Waals surface area (Å²) in [7, 11) is 1.69. The van der Waals surface area contributed by atoms with Crippen LogP contribution in [-0.2, 0) is 4.74 Å². The van der Waals surface area contributed by atoms with Gasteiger partial charge in [-0.1, -0.05) is 0 Å². The Balaban J connectivity index is 2.15. The fourth-order valence-corrected chi connectivity index (χ4v) is 2.32. The first-order valence-electron chi connectivity index (χ1n) is 6.16. The molecule has 1 aromatic heterocycles. The van der Waals surface area contributed by atoms with E-state index in [4.69, 9.17) is 10.5 Å². The minimum absolute atomic E-state index is 0.00829. The van der Waals surface area contributed by atoms with Crippen LogP contribution in [0.15, 0.2) is 12.1 Å². The second-order valence-corrected chi connectivity index (χ2v) is 4.67. The number of nitrogens with two attached hydrogens (primary N) is 1. The number of hydrogen-bond acceptors (Lipinski definition) is 4. The molecule has 0 bridgehead atoms. The lowest BCUT2D eigenvalue weighted by Gasteiger charge is -2.32. The summed E-state index contributed by atoms with van der Waals surface area (Å²) in [6, 6.07) is 3.40. The van der Waals surface area contributed by atoms with Crippen molar-refractivity contribution >= 4 is 11.7 Å². The number of carbonyl (C=O) groups excluding carboxylic acids is 1. The van der Waals surface area contributed by atoms with Crippen LogP contribution >= 0.6 is 0 Å². The summed E-state index contributed by atoms with van der Waals surface area (Å²) in [6.45, 7) is 3.26. The normalized spacial score (nSPS) is 19.9. The van der Waals surface area contributed by atoms with Crippen LogP contribution in [0.1, 0.15) is 28.9 Å². The Kier molecular flexibility index (Phi) is 3.81. The summed E-state index contributed by atoms with van der Waals surface area (Å²) < 4.78 is 5.32. The van der Waals surface area contributed by atoms with E-state index in [1.807, 2.05) is 11.8 Å². The number of ether oxygens (including phenoxy) is 1. The SMILES string of the molecule is COC1CCCN(C(=O)c2cc(C)nc(N)c2)C1. The number of nitrogens with zero attached hydrogens (tertiary/aromatic N) is 2. The number of piperidine rings is 1. The number of likely N-dealkylation sites (tertiary alicyclic amines) is 1. The van der Waals surface area contributed by atoms with E-state index >= 15 is 0 Å². The Hall–Kier alpha value is -1.62. The van der Waals surface area contributed by atoms with Gasteiger partial charge in [0.15, 0.2) is 0 Å². The van der Waals surface area contributed by atoms with Crippen LogP contribution in [-0.4, -0.2) is 42.1 Å². The van der Waals surface area contributed by atoms with E-state index in [2.05, 4.69) is 4.98 Å². The number of pyridine rings is 1. The second kappa shape index (κ2) is 5.35. The summed E-state index contributed by atoms with van der Waals surface area (Å²) in [4.78, 5) is 18.3. The molecule has 1 fully saturated rings. The van der Waals surface area contributed by atoms with Gasteiger partial charge >= 0.3 is 0 Å². The lowest BCUT2D eigenvalue weighted by molar-refractivity contribution is 0.0269. The van der Waals surface area contributed by atoms with Crippen molar-refractivity contribution in [3.63, 3.8) is 0 Å². The van der Waals surface area contributed by atoms with Crippen molar-refractivity contribution in [2.75, 3.05) is 25.9 Å². The Labute approximate surface area is 107 Å². The van der Waals surface area contributed by atoms with Gasteiger partial charge in [-0.25, -0.2) is 4.98 Å². The summed E-state index contributed by atoms with van der Waals surface area (Å²) in [5.74, 6) is 0.396. The lowest BCUT2D eigenvalue weighted by Crippen LogP contribution is -2.42. The van der Waals surface area contributed by atoms with Crippen molar-refractivity contribution in [3.05, 3.63) is 23.4 Å². The topological polar surface area (TPSA) is 68.5 Å². The van der Waals surface area contributed by atoms with E-state index in [1.165, 1.54) is 0 Å². The number of anilines is 1. The van der Waals surface area contributed by atoms with Crippen LogP contribution in [0.25, 0.3) is 0 Å². The molecule has 2 N–H and O–H groups in total. The summed E-state index contributed by atoms with van der Waals surface area (Å²) in [5, 5.41) is 0. The molecule has 0 radical (unpaired) electrons. The highest BCUT2D eigenvalue weighted by Crippen LogP contribution is 2.17. The van der Waals surface area contributed by atoms with Crippen LogP contribution in [0.4, 0.5) is 5.82 Å². The number of nitrogen functional groups attached to an aromatic ring is 1. The van der Waals surface area contributed by atoms with Gasteiger partial charge < -0.3 is 15.4 Å². The molecule has 1 aliphatic rings. The zero-order valence-electron chi connectivity index (χ0n) is 10.8. The fraction of sp³-hybridized carbons (Fsp3) is 0.538. The van der Waals surface area contributed by atoms with Gasteiger partial charge in [0.2, 0.25) is 0 Å². The number of aryl methyl sites for hydroxylation is 1. The maximum absolute atomic E-state index is 12.4. The molecule has 0 aromatic carbocycles. The van der Waals surface area contributed by atoms with Gasteiger partial charge in [0, 0.05) is 31.5 Å². The molecular formula is C13H19N3O2. The van der Waals surface area contributed by atoms with E-state index in [0.717, 1.165) is 25.1 Å². The molecule has 1 aromatic rings. The van der Waals surface area contributed by atoms with Crippen molar-refractivity contribution in [2.45, 2.75) is 25.9 Å². The monoisotopic (exact) mass is 249 g/mol. The maximum atomic E-state index is 12.4. The molecule has 0 aliphatic carbocycles. The Morgan fingerprint density at radius 2 is 2.33 bits per heavy atom. The highest BCUT2D eigenvalue weighted by Gasteiger charge is 2.24. The third kappa shape index (κ3) is 2.79. The summed E-state index contributed by atoms with van der Waals surface area (Å²) in [5.41, 5.74) is 7.04. The number of carbonyl (C=O) groups is 1. The number of methoxy groups -OCH3 is 1. The molecule has 18 heavy (non-hydrogen) atoms. The van der Waals surface area contributed by atoms with Gasteiger partial charge in [0.05, 0.1) is 6.10 Å². The number of amides is 1. The third-order valence-electron chi connectivity index (χ3n) is 3.22. The molecule has 1 amide bonds. The Bertz CT molecular complexity index is 428. The van der Waals surface area contributed by atoms with Crippen molar-refractivity contribution in [1.29, 1.82) is 0 Å². The minimum Gasteiger partial charge on any atom is -0.384 e. The molecule has 1 aliphatic heterocycles. The predicted octanol–water partition coefficient (Wildman–Crippen LogP) is 1.22. The molecule has 0 saturated carbocycles. The van der Waals surface area contributed by atoms with Crippen LogP contribution in [0.5, 0.6) is 0 Å². The van der Waals surface area contributed by atoms with Gasteiger partial charge in [0.1, 0.15) is 5.82 Å². The Morgan fingerprint density at radius 1 is 1.56 bits per heavy atom. The molecule has 98 valence electrons. The molecule has 1 atom stereocenters. The van der Waals surface area contributed by atoms with Gasteiger partial charge in [-0.05, 0) is 31.9 Å². The largest absolute Gasteiger partial charge is 0.384 e. The van der Waals surface area contributed by atoms with Crippen molar-refractivity contribution in [1.82, 2.24) is 9.88 Å². The van der Waals surface area contributed by atoms with Crippen LogP contribution < -0.4 is 5.73 Å². The molecule has 1 unspecified atom stereocenters. The lowest BCUT2D eigenvalue weighted by atomic mass is 10.1. The smallest absolute Gasteiger partial charge is 0.254 e. The highest BCUT2D eigenvalue weighted by molar-refractivity contribution is 5.95. The van der Waals surface area contributed by atoms with Crippen LogP contribution in [0, 0.1) is 6.92 Å². The van der Waals surface area contributed by atoms with Crippen molar-refractivity contribution in [3.8, 4) is 0 Å². The molecule has 5 heteroatoms. The summed E-state index contributed by atoms with van der Waals surface area (Å²) in [6.07, 6.45) is 2.13. The molecule has 1 saturated heterocycles. The van der Waals surface area contributed by atoms with Gasteiger partial charge in [-0.15, -0.1) is 0 Å². The average Bonchev–Trinajstić information content (AvgIpc) is 2.37. The highest BCUT2D eigenvalue weighted by atomic mass is 16.5. The third-order valence-corrected chi connectivity index (χ3v) is 3.22. The van der Waals surface area contributed by atoms with Gasteiger partial charge in [0.25, 0.3) is 5.91 Å². The number of aromatic nitrogens is 1. The second-order valence-electron chi connectivity index (χ2n) is 4.67. The van der Waals surface area contributed by atoms with E-state index in [9.17, 15) is 4.79 Å². The molecular weight excluding hydrogens is 230 g/mol. The van der Waals surface area contributed by atoms with Crippen molar-refractivity contribution in [2.24, 2.45) is 0 Å². The molecule has 2 rings (SSSR count). The molecule has 5 nitrogen and oxygen atoms in total. The minimum atomic E-state index is 0.00829. The fourth-order valence-electron chi connectivity index (χ4n) is 2.32. The van der Waals surface area contributed by atoms with E-state index in [0.29, 0.717) is 17.9 Å². The number of hydrogen-bond donors (Lipinski definition) is 1. The van der Waals surface area contributed by atoms with E-state index in [1.54, 1.807) is 19.2 Å². The first-order chi connectivity index (χ1) is 8.60. The first kappa shape index (κ1) is 12.8. The molecule has 2 heterocycles.